The van der Waals surface area contributed by atoms with E-state index in [-0.39, 0.29) is 6.04 Å². The van der Waals surface area contributed by atoms with E-state index < -0.39 is 0 Å². The Hall–Kier alpha value is -2.00. The number of rotatable bonds is 5. The highest BCUT2D eigenvalue weighted by atomic mass is 16.5. The largest absolute Gasteiger partial charge is 0.497 e. The lowest BCUT2D eigenvalue weighted by molar-refractivity contribution is 0.270. The van der Waals surface area contributed by atoms with Gasteiger partial charge in [0.2, 0.25) is 0 Å². The Balaban J connectivity index is 1.87. The van der Waals surface area contributed by atoms with Gasteiger partial charge in [-0.2, -0.15) is 0 Å². The topological polar surface area (TPSA) is 30.5 Å². The third-order valence-electron chi connectivity index (χ3n) is 4.18. The van der Waals surface area contributed by atoms with E-state index in [0.717, 1.165) is 31.1 Å². The Labute approximate surface area is 138 Å². The summed E-state index contributed by atoms with van der Waals surface area (Å²) >= 11 is 0. The molecule has 122 valence electrons. The summed E-state index contributed by atoms with van der Waals surface area (Å²) in [6.07, 6.45) is 1.03. The SMILES string of the molecule is COc1ccc2c(c1)CCNC2c1cccc(OCC(C)C)c1. The second-order valence-electron chi connectivity index (χ2n) is 6.48. The number of hydrogen-bond acceptors (Lipinski definition) is 3. The second-order valence-corrected chi connectivity index (χ2v) is 6.48. The highest BCUT2D eigenvalue weighted by molar-refractivity contribution is 5.45. The van der Waals surface area contributed by atoms with Crippen LogP contribution in [-0.2, 0) is 6.42 Å². The molecule has 2 aromatic rings. The average Bonchev–Trinajstić information content (AvgIpc) is 2.59. The van der Waals surface area contributed by atoms with Crippen molar-refractivity contribution in [3.05, 3.63) is 59.2 Å². The summed E-state index contributed by atoms with van der Waals surface area (Å²) in [4.78, 5) is 0. The van der Waals surface area contributed by atoms with Gasteiger partial charge >= 0.3 is 0 Å². The molecule has 0 saturated carbocycles. The molecule has 3 heteroatoms. The van der Waals surface area contributed by atoms with Crippen LogP contribution in [0.4, 0.5) is 0 Å². The molecule has 1 N–H and O–H groups in total. The first-order valence-corrected chi connectivity index (χ1v) is 8.30. The first-order chi connectivity index (χ1) is 11.2. The van der Waals surface area contributed by atoms with Crippen molar-refractivity contribution < 1.29 is 9.47 Å². The second kappa shape index (κ2) is 7.05. The Morgan fingerprint density at radius 3 is 2.78 bits per heavy atom. The maximum absolute atomic E-state index is 5.88. The Kier molecular flexibility index (Phi) is 4.87. The molecule has 1 aliphatic heterocycles. The minimum absolute atomic E-state index is 0.215. The molecule has 23 heavy (non-hydrogen) atoms. The normalized spacial score (nSPS) is 17.0. The third kappa shape index (κ3) is 3.67. The van der Waals surface area contributed by atoms with Gasteiger partial charge in [0.25, 0.3) is 0 Å². The summed E-state index contributed by atoms with van der Waals surface area (Å²) in [7, 11) is 1.72. The minimum atomic E-state index is 0.215. The van der Waals surface area contributed by atoms with Gasteiger partial charge in [0.05, 0.1) is 19.8 Å². The number of nitrogens with one attached hydrogen (secondary N) is 1. The van der Waals surface area contributed by atoms with E-state index >= 15 is 0 Å². The Bertz CT molecular complexity index is 666. The molecule has 0 saturated heterocycles. The molecule has 0 amide bonds. The van der Waals surface area contributed by atoms with Gasteiger partial charge in [-0.25, -0.2) is 0 Å². The summed E-state index contributed by atoms with van der Waals surface area (Å²) in [5.74, 6) is 2.40. The number of hydrogen-bond donors (Lipinski definition) is 1. The van der Waals surface area contributed by atoms with E-state index in [4.69, 9.17) is 9.47 Å². The minimum Gasteiger partial charge on any atom is -0.497 e. The highest BCUT2D eigenvalue weighted by Crippen LogP contribution is 2.32. The summed E-state index contributed by atoms with van der Waals surface area (Å²) in [6, 6.07) is 15.0. The maximum atomic E-state index is 5.88. The summed E-state index contributed by atoms with van der Waals surface area (Å²) in [5.41, 5.74) is 3.94. The lowest BCUT2D eigenvalue weighted by atomic mass is 9.89. The molecule has 1 heterocycles. The van der Waals surface area contributed by atoms with E-state index in [1.807, 2.05) is 12.1 Å². The van der Waals surface area contributed by atoms with Crippen LogP contribution in [0.5, 0.6) is 11.5 Å². The van der Waals surface area contributed by atoms with E-state index in [1.54, 1.807) is 7.11 Å². The van der Waals surface area contributed by atoms with Crippen molar-refractivity contribution in [3.63, 3.8) is 0 Å². The zero-order valence-corrected chi connectivity index (χ0v) is 14.1. The summed E-state index contributed by atoms with van der Waals surface area (Å²) in [6.45, 7) is 6.05. The lowest BCUT2D eigenvalue weighted by Gasteiger charge is -2.28. The number of ether oxygens (including phenoxy) is 2. The van der Waals surface area contributed by atoms with Gasteiger partial charge in [-0.15, -0.1) is 0 Å². The van der Waals surface area contributed by atoms with Crippen LogP contribution in [0.2, 0.25) is 0 Å². The zero-order valence-electron chi connectivity index (χ0n) is 14.1. The first kappa shape index (κ1) is 15.9. The maximum Gasteiger partial charge on any atom is 0.119 e. The van der Waals surface area contributed by atoms with Crippen LogP contribution < -0.4 is 14.8 Å². The van der Waals surface area contributed by atoms with E-state index in [1.165, 1.54) is 16.7 Å². The molecule has 3 rings (SSSR count). The van der Waals surface area contributed by atoms with E-state index in [2.05, 4.69) is 49.5 Å². The lowest BCUT2D eigenvalue weighted by Crippen LogP contribution is -2.30. The van der Waals surface area contributed by atoms with Crippen LogP contribution in [0.15, 0.2) is 42.5 Å². The molecular formula is C20H25NO2. The van der Waals surface area contributed by atoms with Crippen molar-refractivity contribution in [2.24, 2.45) is 5.92 Å². The van der Waals surface area contributed by atoms with Crippen LogP contribution in [0.3, 0.4) is 0 Å². The van der Waals surface area contributed by atoms with Crippen molar-refractivity contribution in [2.75, 3.05) is 20.3 Å². The Morgan fingerprint density at radius 1 is 1.13 bits per heavy atom. The molecule has 1 unspecified atom stereocenters. The van der Waals surface area contributed by atoms with Crippen LogP contribution >= 0.6 is 0 Å². The molecule has 0 bridgehead atoms. The molecular weight excluding hydrogens is 286 g/mol. The first-order valence-electron chi connectivity index (χ1n) is 8.30. The molecule has 0 aromatic heterocycles. The van der Waals surface area contributed by atoms with Gasteiger partial charge in [-0.3, -0.25) is 0 Å². The third-order valence-corrected chi connectivity index (χ3v) is 4.18. The molecule has 2 aromatic carbocycles. The van der Waals surface area contributed by atoms with Crippen molar-refractivity contribution >= 4 is 0 Å². The van der Waals surface area contributed by atoms with Gasteiger partial charge in [0.1, 0.15) is 11.5 Å². The van der Waals surface area contributed by atoms with Crippen LogP contribution in [0, 0.1) is 5.92 Å². The predicted octanol–water partition coefficient (Wildman–Crippen LogP) is 3.97. The smallest absolute Gasteiger partial charge is 0.119 e. The van der Waals surface area contributed by atoms with Crippen molar-refractivity contribution in [1.29, 1.82) is 0 Å². The molecule has 0 radical (unpaired) electrons. The van der Waals surface area contributed by atoms with Gasteiger partial charge in [0, 0.05) is 6.54 Å². The predicted molar refractivity (Wildman–Crippen MR) is 93.3 cm³/mol. The van der Waals surface area contributed by atoms with Gasteiger partial charge in [-0.05, 0) is 53.3 Å². The van der Waals surface area contributed by atoms with E-state index in [0.29, 0.717) is 5.92 Å². The van der Waals surface area contributed by atoms with Crippen molar-refractivity contribution in [1.82, 2.24) is 5.32 Å². The molecule has 0 aliphatic carbocycles. The van der Waals surface area contributed by atoms with Crippen LogP contribution in [0.25, 0.3) is 0 Å². The summed E-state index contributed by atoms with van der Waals surface area (Å²) in [5, 5.41) is 3.62. The molecule has 3 nitrogen and oxygen atoms in total. The molecule has 0 fully saturated rings. The fourth-order valence-corrected chi connectivity index (χ4v) is 3.01. The fraction of sp³-hybridized carbons (Fsp3) is 0.400. The summed E-state index contributed by atoms with van der Waals surface area (Å²) < 4.78 is 11.2. The fourth-order valence-electron chi connectivity index (χ4n) is 3.01. The van der Waals surface area contributed by atoms with Crippen LogP contribution in [-0.4, -0.2) is 20.3 Å². The average molecular weight is 311 g/mol. The zero-order chi connectivity index (χ0) is 16.2. The van der Waals surface area contributed by atoms with Gasteiger partial charge in [0.15, 0.2) is 0 Å². The highest BCUT2D eigenvalue weighted by Gasteiger charge is 2.22. The van der Waals surface area contributed by atoms with Crippen LogP contribution in [0.1, 0.15) is 36.6 Å². The van der Waals surface area contributed by atoms with Gasteiger partial charge < -0.3 is 14.8 Å². The molecule has 0 spiro atoms. The van der Waals surface area contributed by atoms with Gasteiger partial charge in [-0.1, -0.05) is 32.0 Å². The van der Waals surface area contributed by atoms with Crippen molar-refractivity contribution in [2.45, 2.75) is 26.3 Å². The van der Waals surface area contributed by atoms with Crippen molar-refractivity contribution in [3.8, 4) is 11.5 Å². The number of methoxy groups -OCH3 is 1. The quantitative estimate of drug-likeness (QED) is 0.906. The number of benzene rings is 2. The standard InChI is InChI=1S/C20H25NO2/c1-14(2)13-23-18-6-4-5-16(12-18)20-19-8-7-17(22-3)11-15(19)9-10-21-20/h4-8,11-12,14,20-21H,9-10,13H2,1-3H3. The van der Waals surface area contributed by atoms with E-state index in [9.17, 15) is 0 Å². The molecule has 1 atom stereocenters. The number of fused-ring (bicyclic) bond motifs is 1. The molecule has 1 aliphatic rings. The monoisotopic (exact) mass is 311 g/mol. The Morgan fingerprint density at radius 2 is 2.00 bits per heavy atom.